The molecule has 0 aromatic heterocycles. The van der Waals surface area contributed by atoms with Gasteiger partial charge in [-0.1, -0.05) is 0 Å². The van der Waals surface area contributed by atoms with Crippen molar-refractivity contribution in [3.63, 3.8) is 0 Å². The minimum absolute atomic E-state index is 0. The van der Waals surface area contributed by atoms with Gasteiger partial charge in [0.2, 0.25) is 5.91 Å². The summed E-state index contributed by atoms with van der Waals surface area (Å²) in [6.45, 7) is 1.35. The van der Waals surface area contributed by atoms with E-state index < -0.39 is 0 Å². The molecular formula is C2H8MgN2O. The molecule has 0 unspecified atom stereocenters. The fourth-order valence-corrected chi connectivity index (χ4v) is 0. The second-order valence-corrected chi connectivity index (χ2v) is 0.701. The van der Waals surface area contributed by atoms with Crippen molar-refractivity contribution in [2.75, 3.05) is 0 Å². The zero-order chi connectivity index (χ0) is 4.28. The summed E-state index contributed by atoms with van der Waals surface area (Å²) in [5.41, 5.74) is 1.89. The molecule has 34 valence electrons. The molecule has 3 nitrogen and oxygen atoms in total. The number of rotatable bonds is 0. The molecule has 0 bridgehead atoms. The Kier molecular flexibility index (Phi) is 8.23. The number of hydrazine groups is 1. The number of carbonyl (C=O) groups excluding carboxylic acids is 1. The van der Waals surface area contributed by atoms with Gasteiger partial charge in [0.05, 0.1) is 0 Å². The number of amides is 1. The van der Waals surface area contributed by atoms with Gasteiger partial charge in [-0.25, -0.2) is 5.84 Å². The van der Waals surface area contributed by atoms with Crippen molar-refractivity contribution in [2.45, 2.75) is 6.92 Å². The van der Waals surface area contributed by atoms with Gasteiger partial charge in [0.1, 0.15) is 0 Å². The second-order valence-electron chi connectivity index (χ2n) is 0.701. The van der Waals surface area contributed by atoms with Crippen LogP contribution in [-0.4, -0.2) is 29.0 Å². The van der Waals surface area contributed by atoms with E-state index >= 15 is 0 Å². The van der Waals surface area contributed by atoms with E-state index in [9.17, 15) is 4.79 Å². The summed E-state index contributed by atoms with van der Waals surface area (Å²) < 4.78 is 0. The maximum absolute atomic E-state index is 9.58. The molecule has 0 saturated carbocycles. The monoisotopic (exact) mass is 100 g/mol. The smallest absolute Gasteiger partial charge is 0.295 e. The van der Waals surface area contributed by atoms with Crippen LogP contribution in [0.25, 0.3) is 0 Å². The van der Waals surface area contributed by atoms with E-state index in [-0.39, 0.29) is 29.0 Å². The third-order valence-electron chi connectivity index (χ3n) is 0.203. The molecule has 0 spiro atoms. The molecule has 0 aliphatic heterocycles. The third kappa shape index (κ3) is 8.89. The molecule has 6 heavy (non-hydrogen) atoms. The van der Waals surface area contributed by atoms with Crippen molar-refractivity contribution in [1.82, 2.24) is 5.43 Å². The van der Waals surface area contributed by atoms with E-state index in [4.69, 9.17) is 0 Å². The van der Waals surface area contributed by atoms with Crippen LogP contribution in [0.4, 0.5) is 0 Å². The van der Waals surface area contributed by atoms with E-state index in [1.54, 1.807) is 0 Å². The fourth-order valence-electron chi connectivity index (χ4n) is 0. The minimum Gasteiger partial charge on any atom is -0.295 e. The SMILES string of the molecule is CC(=O)NN.[MgH2]. The quantitative estimate of drug-likeness (QED) is 0.161. The van der Waals surface area contributed by atoms with Gasteiger partial charge in [-0.05, 0) is 0 Å². The topological polar surface area (TPSA) is 55.1 Å². The van der Waals surface area contributed by atoms with Crippen molar-refractivity contribution in [3.8, 4) is 0 Å². The normalized spacial score (nSPS) is 5.67. The molecule has 0 rings (SSSR count). The highest BCUT2D eigenvalue weighted by Gasteiger charge is 1.73. The number of hydrogen-bond donors (Lipinski definition) is 2. The average molecular weight is 100 g/mol. The Labute approximate surface area is 52.4 Å². The van der Waals surface area contributed by atoms with E-state index in [0.29, 0.717) is 0 Å². The van der Waals surface area contributed by atoms with Crippen LogP contribution in [0.5, 0.6) is 0 Å². The van der Waals surface area contributed by atoms with Crippen LogP contribution in [0, 0.1) is 0 Å². The van der Waals surface area contributed by atoms with Crippen LogP contribution in [0.1, 0.15) is 6.92 Å². The standard InChI is InChI=1S/C2H6N2O.Mg.2H/c1-2(5)4-3;;;/h3H2,1H3,(H,4,5);;;. The summed E-state index contributed by atoms with van der Waals surface area (Å²) in [6, 6.07) is 0. The van der Waals surface area contributed by atoms with Crippen LogP contribution in [0.2, 0.25) is 0 Å². The van der Waals surface area contributed by atoms with Crippen LogP contribution in [0.15, 0.2) is 0 Å². The summed E-state index contributed by atoms with van der Waals surface area (Å²) in [5, 5.41) is 0. The number of hydrogen-bond acceptors (Lipinski definition) is 2. The van der Waals surface area contributed by atoms with Crippen LogP contribution < -0.4 is 11.3 Å². The van der Waals surface area contributed by atoms with Crippen molar-refractivity contribution in [1.29, 1.82) is 0 Å². The molecule has 0 atom stereocenters. The lowest BCUT2D eigenvalue weighted by Gasteiger charge is -1.80. The van der Waals surface area contributed by atoms with Gasteiger partial charge in [-0.2, -0.15) is 0 Å². The summed E-state index contributed by atoms with van der Waals surface area (Å²) in [4.78, 5) is 9.58. The second kappa shape index (κ2) is 5.20. The van der Waals surface area contributed by atoms with E-state index in [0.717, 1.165) is 0 Å². The van der Waals surface area contributed by atoms with Crippen molar-refractivity contribution in [2.24, 2.45) is 5.84 Å². The first-order chi connectivity index (χ1) is 2.27. The van der Waals surface area contributed by atoms with Crippen LogP contribution >= 0.6 is 0 Å². The highest BCUT2D eigenvalue weighted by Crippen LogP contribution is 1.41. The Morgan fingerprint density at radius 1 is 1.83 bits per heavy atom. The summed E-state index contributed by atoms with van der Waals surface area (Å²) in [7, 11) is 0. The predicted octanol–water partition coefficient (Wildman–Crippen LogP) is -1.92. The van der Waals surface area contributed by atoms with Gasteiger partial charge in [0, 0.05) is 6.92 Å². The fraction of sp³-hybridized carbons (Fsp3) is 0.500. The third-order valence-corrected chi connectivity index (χ3v) is 0.203. The molecule has 0 fully saturated rings. The molecule has 0 aromatic rings. The number of nitrogens with one attached hydrogen (secondary N) is 1. The van der Waals surface area contributed by atoms with Crippen molar-refractivity contribution >= 4 is 29.0 Å². The van der Waals surface area contributed by atoms with E-state index in [2.05, 4.69) is 5.84 Å². The molecular weight excluding hydrogens is 92.3 g/mol. The van der Waals surface area contributed by atoms with Gasteiger partial charge in [0.25, 0.3) is 0 Å². The number of carbonyl (C=O) groups is 1. The lowest BCUT2D eigenvalue weighted by molar-refractivity contribution is -0.119. The predicted molar refractivity (Wildman–Crippen MR) is 26.5 cm³/mol. The van der Waals surface area contributed by atoms with Gasteiger partial charge in [0.15, 0.2) is 0 Å². The molecule has 0 aromatic carbocycles. The Morgan fingerprint density at radius 3 is 2.00 bits per heavy atom. The lowest BCUT2D eigenvalue weighted by Crippen LogP contribution is -2.26. The van der Waals surface area contributed by atoms with Crippen LogP contribution in [-0.2, 0) is 4.79 Å². The molecule has 0 aliphatic carbocycles. The van der Waals surface area contributed by atoms with Crippen LogP contribution in [0.3, 0.4) is 0 Å². The van der Waals surface area contributed by atoms with Gasteiger partial charge < -0.3 is 0 Å². The van der Waals surface area contributed by atoms with Crippen molar-refractivity contribution < 1.29 is 4.79 Å². The Balaban J connectivity index is 0. The molecule has 0 radical (unpaired) electrons. The van der Waals surface area contributed by atoms with E-state index in [1.165, 1.54) is 6.92 Å². The zero-order valence-electron chi connectivity index (χ0n) is 2.99. The Morgan fingerprint density at radius 2 is 2.00 bits per heavy atom. The number of nitrogens with two attached hydrogens (primary N) is 1. The summed E-state index contributed by atoms with van der Waals surface area (Å²) >= 11 is 0. The van der Waals surface area contributed by atoms with Gasteiger partial charge in [-0.3, -0.25) is 10.2 Å². The maximum Gasteiger partial charge on any atom is 0.316 e. The molecule has 3 N–H and O–H groups in total. The first kappa shape index (κ1) is 9.50. The first-order valence-corrected chi connectivity index (χ1v) is 1.24. The highest BCUT2D eigenvalue weighted by atomic mass is 24.3. The molecule has 1 amide bonds. The summed E-state index contributed by atoms with van der Waals surface area (Å²) in [6.07, 6.45) is 0. The van der Waals surface area contributed by atoms with Crippen molar-refractivity contribution in [3.05, 3.63) is 0 Å². The molecule has 0 heterocycles. The summed E-state index contributed by atoms with van der Waals surface area (Å²) in [5.74, 6) is 4.35. The highest BCUT2D eigenvalue weighted by molar-refractivity contribution is 5.75. The zero-order valence-corrected chi connectivity index (χ0v) is 2.99. The Bertz CT molecular complexity index is 46.8. The van der Waals surface area contributed by atoms with Gasteiger partial charge in [-0.15, -0.1) is 0 Å². The molecule has 4 heteroatoms. The first-order valence-electron chi connectivity index (χ1n) is 1.24. The van der Waals surface area contributed by atoms with E-state index in [1.807, 2.05) is 5.43 Å². The average Bonchev–Trinajstić information content (AvgIpc) is 1.38. The Hall–Kier alpha value is 0.196. The lowest BCUT2D eigenvalue weighted by atomic mass is 10.8. The van der Waals surface area contributed by atoms with Gasteiger partial charge >= 0.3 is 23.1 Å². The maximum atomic E-state index is 9.58. The molecule has 0 aliphatic rings. The largest absolute Gasteiger partial charge is 0.316 e. The minimum atomic E-state index is -0.218. The molecule has 0 saturated heterocycles.